The highest BCUT2D eigenvalue weighted by Gasteiger charge is 2.34. The molecule has 1 N–H and O–H groups in total. The minimum absolute atomic E-state index is 0.654. The Morgan fingerprint density at radius 1 is 1.00 bits per heavy atom. The zero-order chi connectivity index (χ0) is 14.9. The molecule has 0 radical (unpaired) electrons. The highest BCUT2D eigenvalue weighted by molar-refractivity contribution is 6.30. The Morgan fingerprint density at radius 3 is 2.68 bits per heavy atom. The van der Waals surface area contributed by atoms with Gasteiger partial charge in [-0.3, -0.25) is 0 Å². The summed E-state index contributed by atoms with van der Waals surface area (Å²) in [5.41, 5.74) is 4.51. The summed E-state index contributed by atoms with van der Waals surface area (Å²) in [5, 5.41) is 4.61. The van der Waals surface area contributed by atoms with Crippen molar-refractivity contribution in [2.45, 2.75) is 44.2 Å². The molecule has 2 aromatic rings. The molecule has 1 nitrogen and oxygen atoms in total. The van der Waals surface area contributed by atoms with Gasteiger partial charge in [-0.05, 0) is 66.3 Å². The van der Waals surface area contributed by atoms with Crippen molar-refractivity contribution < 1.29 is 0 Å². The van der Waals surface area contributed by atoms with Crippen LogP contribution in [0.3, 0.4) is 0 Å². The molecule has 0 saturated heterocycles. The van der Waals surface area contributed by atoms with Gasteiger partial charge in [0.25, 0.3) is 0 Å². The van der Waals surface area contributed by atoms with Gasteiger partial charge in [-0.15, -0.1) is 0 Å². The van der Waals surface area contributed by atoms with Gasteiger partial charge in [-0.25, -0.2) is 0 Å². The molecule has 4 rings (SSSR count). The van der Waals surface area contributed by atoms with Gasteiger partial charge in [-0.2, -0.15) is 0 Å². The second-order valence-electron chi connectivity index (χ2n) is 6.80. The van der Waals surface area contributed by atoms with Crippen molar-refractivity contribution in [3.63, 3.8) is 0 Å². The molecule has 2 aliphatic rings. The first kappa shape index (κ1) is 14.3. The molecule has 1 aliphatic heterocycles. The Hall–Kier alpha value is -1.31. The lowest BCUT2D eigenvalue weighted by atomic mass is 9.71. The van der Waals surface area contributed by atoms with E-state index in [2.05, 4.69) is 41.7 Å². The van der Waals surface area contributed by atoms with Crippen LogP contribution in [-0.2, 0) is 13.0 Å². The Bertz CT molecular complexity index is 649. The summed E-state index contributed by atoms with van der Waals surface area (Å²) in [4.78, 5) is 0. The fourth-order valence-electron chi connectivity index (χ4n) is 4.29. The molecule has 0 spiro atoms. The van der Waals surface area contributed by atoms with Crippen LogP contribution in [0.4, 0.5) is 0 Å². The number of nitrogens with one attached hydrogen (secondary N) is 1. The summed E-state index contributed by atoms with van der Waals surface area (Å²) in [6, 6.07) is 18.0. The summed E-state index contributed by atoms with van der Waals surface area (Å²) in [6.45, 7) is 1.03. The standard InChI is InChI=1S/C20H22ClN/c21-17-8-5-14(6-9-17)11-15-7-10-19-18-4-2-1-3-16(18)13-22-20(19)12-15/h1-6,8-9,15,19-20,22H,7,10-13H2. The molecular formula is C20H22ClN. The number of hydrogen-bond acceptors (Lipinski definition) is 1. The van der Waals surface area contributed by atoms with E-state index in [9.17, 15) is 0 Å². The minimum Gasteiger partial charge on any atom is -0.309 e. The van der Waals surface area contributed by atoms with Gasteiger partial charge >= 0.3 is 0 Å². The van der Waals surface area contributed by atoms with Crippen LogP contribution >= 0.6 is 11.6 Å². The SMILES string of the molecule is Clc1ccc(CC2CCC3c4ccccc4CNC3C2)cc1. The quantitative estimate of drug-likeness (QED) is 0.828. The molecule has 3 unspecified atom stereocenters. The third kappa shape index (κ3) is 2.80. The highest BCUT2D eigenvalue weighted by atomic mass is 35.5. The van der Waals surface area contributed by atoms with Gasteiger partial charge in [0, 0.05) is 17.6 Å². The van der Waals surface area contributed by atoms with E-state index in [1.807, 2.05) is 12.1 Å². The zero-order valence-electron chi connectivity index (χ0n) is 12.8. The zero-order valence-corrected chi connectivity index (χ0v) is 13.5. The molecule has 2 aromatic carbocycles. The van der Waals surface area contributed by atoms with E-state index in [1.54, 1.807) is 5.56 Å². The molecule has 2 heteroatoms. The predicted octanol–water partition coefficient (Wildman–Crippen LogP) is 4.94. The Morgan fingerprint density at radius 2 is 1.82 bits per heavy atom. The van der Waals surface area contributed by atoms with Crippen LogP contribution in [0.1, 0.15) is 41.9 Å². The number of fused-ring (bicyclic) bond motifs is 3. The number of benzene rings is 2. The third-order valence-corrected chi connectivity index (χ3v) is 5.66. The molecule has 1 fully saturated rings. The molecule has 114 valence electrons. The van der Waals surface area contributed by atoms with E-state index in [-0.39, 0.29) is 0 Å². The smallest absolute Gasteiger partial charge is 0.0406 e. The van der Waals surface area contributed by atoms with Crippen LogP contribution in [0.2, 0.25) is 5.02 Å². The summed E-state index contributed by atoms with van der Waals surface area (Å²) in [6.07, 6.45) is 5.12. The van der Waals surface area contributed by atoms with E-state index in [0.717, 1.165) is 17.5 Å². The van der Waals surface area contributed by atoms with Crippen LogP contribution in [0, 0.1) is 5.92 Å². The lowest BCUT2D eigenvalue weighted by Gasteiger charge is -2.41. The minimum atomic E-state index is 0.654. The molecule has 1 heterocycles. The van der Waals surface area contributed by atoms with Gasteiger partial charge in [0.2, 0.25) is 0 Å². The maximum Gasteiger partial charge on any atom is 0.0406 e. The van der Waals surface area contributed by atoms with Crippen LogP contribution in [0.15, 0.2) is 48.5 Å². The average Bonchev–Trinajstić information content (AvgIpc) is 2.57. The number of halogens is 1. The van der Waals surface area contributed by atoms with Crippen molar-refractivity contribution in [3.8, 4) is 0 Å². The number of rotatable bonds is 2. The molecule has 22 heavy (non-hydrogen) atoms. The summed E-state index contributed by atoms with van der Waals surface area (Å²) in [7, 11) is 0. The molecular weight excluding hydrogens is 290 g/mol. The molecule has 0 bridgehead atoms. The van der Waals surface area contributed by atoms with Crippen molar-refractivity contribution >= 4 is 11.6 Å². The first-order valence-electron chi connectivity index (χ1n) is 8.35. The molecule has 0 aromatic heterocycles. The monoisotopic (exact) mass is 311 g/mol. The van der Waals surface area contributed by atoms with Gasteiger partial charge < -0.3 is 5.32 Å². The predicted molar refractivity (Wildman–Crippen MR) is 92.3 cm³/mol. The molecule has 1 saturated carbocycles. The van der Waals surface area contributed by atoms with E-state index < -0.39 is 0 Å². The van der Waals surface area contributed by atoms with Crippen molar-refractivity contribution in [2.24, 2.45) is 5.92 Å². The fourth-order valence-corrected chi connectivity index (χ4v) is 4.42. The third-order valence-electron chi connectivity index (χ3n) is 5.41. The summed E-state index contributed by atoms with van der Waals surface area (Å²) < 4.78 is 0. The maximum absolute atomic E-state index is 5.98. The first-order chi connectivity index (χ1) is 10.8. The Kier molecular flexibility index (Phi) is 3.94. The van der Waals surface area contributed by atoms with Crippen molar-refractivity contribution in [3.05, 3.63) is 70.2 Å². The summed E-state index contributed by atoms with van der Waals surface area (Å²) in [5.74, 6) is 1.51. The van der Waals surface area contributed by atoms with Crippen LogP contribution in [-0.4, -0.2) is 6.04 Å². The topological polar surface area (TPSA) is 12.0 Å². The van der Waals surface area contributed by atoms with Crippen molar-refractivity contribution in [1.29, 1.82) is 0 Å². The molecule has 3 atom stereocenters. The van der Waals surface area contributed by atoms with E-state index >= 15 is 0 Å². The Balaban J connectivity index is 1.46. The van der Waals surface area contributed by atoms with Crippen molar-refractivity contribution in [2.75, 3.05) is 0 Å². The second kappa shape index (κ2) is 6.06. The van der Waals surface area contributed by atoms with E-state index in [1.165, 1.54) is 36.8 Å². The van der Waals surface area contributed by atoms with Gasteiger partial charge in [0.1, 0.15) is 0 Å². The van der Waals surface area contributed by atoms with Crippen LogP contribution in [0.5, 0.6) is 0 Å². The van der Waals surface area contributed by atoms with Gasteiger partial charge in [-0.1, -0.05) is 48.0 Å². The van der Waals surface area contributed by atoms with Crippen LogP contribution in [0.25, 0.3) is 0 Å². The number of hydrogen-bond donors (Lipinski definition) is 1. The highest BCUT2D eigenvalue weighted by Crippen LogP contribution is 2.40. The van der Waals surface area contributed by atoms with Gasteiger partial charge in [0.05, 0.1) is 0 Å². The second-order valence-corrected chi connectivity index (χ2v) is 7.24. The largest absolute Gasteiger partial charge is 0.309 e. The Labute approximate surface area is 137 Å². The van der Waals surface area contributed by atoms with Gasteiger partial charge in [0.15, 0.2) is 0 Å². The van der Waals surface area contributed by atoms with E-state index in [4.69, 9.17) is 11.6 Å². The molecule has 1 aliphatic carbocycles. The van der Waals surface area contributed by atoms with Crippen LogP contribution < -0.4 is 5.32 Å². The lowest BCUT2D eigenvalue weighted by molar-refractivity contribution is 0.239. The van der Waals surface area contributed by atoms with Crippen molar-refractivity contribution in [1.82, 2.24) is 5.32 Å². The summed E-state index contributed by atoms with van der Waals surface area (Å²) >= 11 is 5.98. The average molecular weight is 312 g/mol. The normalized spacial score (nSPS) is 27.0. The molecule has 0 amide bonds. The fraction of sp³-hybridized carbons (Fsp3) is 0.400. The van der Waals surface area contributed by atoms with E-state index in [0.29, 0.717) is 12.0 Å². The maximum atomic E-state index is 5.98. The lowest BCUT2D eigenvalue weighted by Crippen LogP contribution is -2.43. The first-order valence-corrected chi connectivity index (χ1v) is 8.73.